The van der Waals surface area contributed by atoms with Gasteiger partial charge in [0.1, 0.15) is 16.4 Å². The molecule has 6 nitrogen and oxygen atoms in total. The Balaban J connectivity index is 1.63. The van der Waals surface area contributed by atoms with Gasteiger partial charge in [-0.05, 0) is 62.8 Å². The smallest absolute Gasteiger partial charge is 0.256 e. The first-order valence-corrected chi connectivity index (χ1v) is 10.6. The first-order valence-electron chi connectivity index (χ1n) is 9.76. The van der Waals surface area contributed by atoms with Crippen LogP contribution in [-0.4, -0.2) is 23.2 Å². The average molecular weight is 413 g/mol. The summed E-state index contributed by atoms with van der Waals surface area (Å²) in [4.78, 5) is 38.5. The van der Waals surface area contributed by atoms with Gasteiger partial charge in [0.2, 0.25) is 0 Å². The predicted octanol–water partition coefficient (Wildman–Crippen LogP) is 3.97. The summed E-state index contributed by atoms with van der Waals surface area (Å²) >= 11 is 1.42. The second-order valence-corrected chi connectivity index (χ2v) is 9.65. The lowest BCUT2D eigenvalue weighted by Crippen LogP contribution is -2.36. The Labute approximate surface area is 173 Å². The number of hydrogen-bond acceptors (Lipinski definition) is 5. The number of carbonyl (C=O) groups is 3. The minimum absolute atomic E-state index is 0.0516. The van der Waals surface area contributed by atoms with Gasteiger partial charge >= 0.3 is 0 Å². The van der Waals surface area contributed by atoms with E-state index in [9.17, 15) is 14.4 Å². The number of rotatable bonds is 3. The Bertz CT molecular complexity index is 1040. The molecule has 0 radical (unpaired) electrons. The van der Waals surface area contributed by atoms with Crippen LogP contribution in [0.3, 0.4) is 0 Å². The van der Waals surface area contributed by atoms with E-state index < -0.39 is 11.5 Å². The van der Waals surface area contributed by atoms with E-state index in [-0.39, 0.29) is 18.1 Å². The highest BCUT2D eigenvalue weighted by molar-refractivity contribution is 7.17. The van der Waals surface area contributed by atoms with Gasteiger partial charge in [-0.25, -0.2) is 0 Å². The predicted molar refractivity (Wildman–Crippen MR) is 112 cm³/mol. The van der Waals surface area contributed by atoms with Gasteiger partial charge in [-0.15, -0.1) is 11.3 Å². The van der Waals surface area contributed by atoms with Crippen LogP contribution in [-0.2, 0) is 12.8 Å². The van der Waals surface area contributed by atoms with Crippen LogP contribution in [0.4, 0.5) is 5.00 Å². The van der Waals surface area contributed by atoms with Crippen molar-refractivity contribution in [2.45, 2.75) is 52.1 Å². The quantitative estimate of drug-likeness (QED) is 0.797. The van der Waals surface area contributed by atoms with Gasteiger partial charge in [0, 0.05) is 10.4 Å². The molecule has 2 amide bonds. The third-order valence-corrected chi connectivity index (χ3v) is 6.67. The topological polar surface area (TPSA) is 98.5 Å². The van der Waals surface area contributed by atoms with E-state index in [1.807, 2.05) is 13.8 Å². The zero-order valence-corrected chi connectivity index (χ0v) is 17.6. The standard InChI is InChI=1S/C22H24N2O4S/c1-11-4-6-13-17(8-11)29-21(18(13)19(23)26)24-20(27)12-5-7-16-14(9-12)15(25)10-22(2,3)28-16/h5,7,9,11H,4,6,8,10H2,1-3H3,(H2,23,26)(H,24,27). The molecule has 1 aliphatic heterocycles. The molecular formula is C22H24N2O4S. The normalized spacial score (nSPS) is 19.7. The number of nitrogens with one attached hydrogen (secondary N) is 1. The molecule has 4 rings (SSSR count). The maximum atomic E-state index is 12.9. The molecule has 0 bridgehead atoms. The van der Waals surface area contributed by atoms with Gasteiger partial charge in [-0.3, -0.25) is 14.4 Å². The highest BCUT2D eigenvalue weighted by atomic mass is 32.1. The highest BCUT2D eigenvalue weighted by Gasteiger charge is 2.33. The second-order valence-electron chi connectivity index (χ2n) is 8.55. The lowest BCUT2D eigenvalue weighted by molar-refractivity contribution is 0.0620. The van der Waals surface area contributed by atoms with Gasteiger partial charge in [-0.2, -0.15) is 0 Å². The fourth-order valence-electron chi connectivity index (χ4n) is 4.07. The van der Waals surface area contributed by atoms with E-state index in [0.717, 1.165) is 29.7 Å². The summed E-state index contributed by atoms with van der Waals surface area (Å²) in [6.45, 7) is 5.90. The molecule has 7 heteroatoms. The van der Waals surface area contributed by atoms with Crippen molar-refractivity contribution in [2.24, 2.45) is 11.7 Å². The van der Waals surface area contributed by atoms with Crippen molar-refractivity contribution >= 4 is 33.9 Å². The number of carbonyl (C=O) groups excluding carboxylic acids is 3. The molecule has 0 fully saturated rings. The molecule has 0 saturated heterocycles. The summed E-state index contributed by atoms with van der Waals surface area (Å²) in [7, 11) is 0. The van der Waals surface area contributed by atoms with Crippen molar-refractivity contribution < 1.29 is 19.1 Å². The van der Waals surface area contributed by atoms with Crippen molar-refractivity contribution in [3.8, 4) is 5.75 Å². The van der Waals surface area contributed by atoms with E-state index in [1.54, 1.807) is 18.2 Å². The summed E-state index contributed by atoms with van der Waals surface area (Å²) in [6, 6.07) is 4.84. The maximum absolute atomic E-state index is 12.9. The SMILES string of the molecule is CC1CCc2c(sc(NC(=O)c3ccc4c(c3)C(=O)CC(C)(C)O4)c2C(N)=O)C1. The molecule has 29 heavy (non-hydrogen) atoms. The molecule has 0 spiro atoms. The van der Waals surface area contributed by atoms with Gasteiger partial charge in [-0.1, -0.05) is 6.92 Å². The minimum atomic E-state index is -0.558. The molecule has 2 aromatic rings. The number of hydrogen-bond donors (Lipinski definition) is 2. The molecule has 1 aromatic heterocycles. The number of amides is 2. The molecule has 1 atom stereocenters. The molecule has 1 unspecified atom stereocenters. The number of Topliss-reactive ketones (excluding diaryl/α,β-unsaturated/α-hetero) is 1. The number of anilines is 1. The summed E-state index contributed by atoms with van der Waals surface area (Å²) in [5.41, 5.74) is 7.20. The van der Waals surface area contributed by atoms with Crippen molar-refractivity contribution in [3.05, 3.63) is 45.3 Å². The molecular weight excluding hydrogens is 388 g/mol. The van der Waals surface area contributed by atoms with Crippen molar-refractivity contribution in [2.75, 3.05) is 5.32 Å². The minimum Gasteiger partial charge on any atom is -0.487 e. The largest absolute Gasteiger partial charge is 0.487 e. The lowest BCUT2D eigenvalue weighted by atomic mass is 9.88. The molecule has 0 saturated carbocycles. The van der Waals surface area contributed by atoms with Crippen LogP contribution in [0.25, 0.3) is 0 Å². The Hall–Kier alpha value is -2.67. The van der Waals surface area contributed by atoms with Gasteiger partial charge in [0.15, 0.2) is 5.78 Å². The highest BCUT2D eigenvalue weighted by Crippen LogP contribution is 2.40. The Morgan fingerprint density at radius 3 is 2.79 bits per heavy atom. The van der Waals surface area contributed by atoms with Crippen LogP contribution >= 0.6 is 11.3 Å². The van der Waals surface area contributed by atoms with E-state index >= 15 is 0 Å². The van der Waals surface area contributed by atoms with E-state index in [0.29, 0.717) is 33.4 Å². The average Bonchev–Trinajstić information content (AvgIpc) is 2.97. The van der Waals surface area contributed by atoms with E-state index in [2.05, 4.69) is 12.2 Å². The number of primary amides is 1. The summed E-state index contributed by atoms with van der Waals surface area (Å²) in [5.74, 6) is 0.0787. The van der Waals surface area contributed by atoms with Gasteiger partial charge < -0.3 is 15.8 Å². The fourth-order valence-corrected chi connectivity index (χ4v) is 5.48. The second kappa shape index (κ2) is 6.99. The molecule has 152 valence electrons. The van der Waals surface area contributed by atoms with Crippen LogP contribution < -0.4 is 15.8 Å². The number of nitrogens with two attached hydrogens (primary N) is 1. The first-order chi connectivity index (χ1) is 13.6. The third-order valence-electron chi connectivity index (χ3n) is 5.50. The monoisotopic (exact) mass is 412 g/mol. The van der Waals surface area contributed by atoms with Crippen molar-refractivity contribution in [1.29, 1.82) is 0 Å². The van der Waals surface area contributed by atoms with Crippen LogP contribution in [0.2, 0.25) is 0 Å². The van der Waals surface area contributed by atoms with Crippen LogP contribution in [0.5, 0.6) is 5.75 Å². The first kappa shape index (κ1) is 19.6. The molecule has 2 heterocycles. The van der Waals surface area contributed by atoms with Crippen molar-refractivity contribution in [1.82, 2.24) is 0 Å². The van der Waals surface area contributed by atoms with Crippen LogP contribution in [0, 0.1) is 5.92 Å². The molecule has 1 aliphatic carbocycles. The summed E-state index contributed by atoms with van der Waals surface area (Å²) < 4.78 is 5.85. The van der Waals surface area contributed by atoms with E-state index in [4.69, 9.17) is 10.5 Å². The maximum Gasteiger partial charge on any atom is 0.256 e. The lowest BCUT2D eigenvalue weighted by Gasteiger charge is -2.31. The molecule has 3 N–H and O–H groups in total. The summed E-state index contributed by atoms with van der Waals surface area (Å²) in [6.07, 6.45) is 2.94. The Morgan fingerprint density at radius 1 is 1.31 bits per heavy atom. The third kappa shape index (κ3) is 3.67. The Kier molecular flexibility index (Phi) is 4.73. The van der Waals surface area contributed by atoms with Gasteiger partial charge in [0.25, 0.3) is 11.8 Å². The Morgan fingerprint density at radius 2 is 2.07 bits per heavy atom. The van der Waals surface area contributed by atoms with Crippen LogP contribution in [0.15, 0.2) is 18.2 Å². The number of ether oxygens (including phenoxy) is 1. The number of benzene rings is 1. The molecule has 1 aromatic carbocycles. The zero-order valence-electron chi connectivity index (χ0n) is 16.8. The molecule has 2 aliphatic rings. The van der Waals surface area contributed by atoms with Crippen molar-refractivity contribution in [3.63, 3.8) is 0 Å². The zero-order chi connectivity index (χ0) is 20.9. The number of ketones is 1. The number of thiophene rings is 1. The van der Waals surface area contributed by atoms with E-state index in [1.165, 1.54) is 11.3 Å². The summed E-state index contributed by atoms with van der Waals surface area (Å²) in [5, 5.41) is 3.33. The van der Waals surface area contributed by atoms with Crippen LogP contribution in [0.1, 0.15) is 75.1 Å². The fraction of sp³-hybridized carbons (Fsp3) is 0.409. The van der Waals surface area contributed by atoms with Gasteiger partial charge in [0.05, 0.1) is 17.5 Å². The number of fused-ring (bicyclic) bond motifs is 2.